The Morgan fingerprint density at radius 3 is 2.61 bits per heavy atom. The maximum absolute atomic E-state index is 11.9. The van der Waals surface area contributed by atoms with Gasteiger partial charge in [0.05, 0.1) is 19.8 Å². The van der Waals surface area contributed by atoms with Gasteiger partial charge in [-0.2, -0.15) is 0 Å². The van der Waals surface area contributed by atoms with Gasteiger partial charge in [0.1, 0.15) is 5.75 Å². The Balaban J connectivity index is 2.22. The first-order chi connectivity index (χ1) is 8.67. The van der Waals surface area contributed by atoms with E-state index in [1.54, 1.807) is 24.0 Å². The van der Waals surface area contributed by atoms with Crippen LogP contribution < -0.4 is 4.74 Å². The van der Waals surface area contributed by atoms with Crippen molar-refractivity contribution in [1.29, 1.82) is 0 Å². The molecule has 1 saturated heterocycles. The minimum atomic E-state index is -0.0372. The molecular weight excluding hydrogens is 232 g/mol. The highest BCUT2D eigenvalue weighted by Gasteiger charge is 2.35. The quantitative estimate of drug-likeness (QED) is 0.870. The normalized spacial score (nSPS) is 19.5. The zero-order valence-corrected chi connectivity index (χ0v) is 10.7. The number of ether oxygens (including phenoxy) is 1. The van der Waals surface area contributed by atoms with Gasteiger partial charge in [-0.1, -0.05) is 12.1 Å². The molecule has 1 unspecified atom stereocenters. The van der Waals surface area contributed by atoms with Gasteiger partial charge in [0.25, 0.3) is 0 Å². The second-order valence-corrected chi connectivity index (χ2v) is 4.37. The van der Waals surface area contributed by atoms with Crippen molar-refractivity contribution in [2.24, 2.45) is 0 Å². The molecule has 5 heteroatoms. The summed E-state index contributed by atoms with van der Waals surface area (Å²) in [5.74, 6) is 0.796. The number of carbonyl (C=O) groups excluding carboxylic acids is 1. The molecule has 2 amide bonds. The van der Waals surface area contributed by atoms with Crippen LogP contribution in [0.3, 0.4) is 0 Å². The second kappa shape index (κ2) is 5.27. The Morgan fingerprint density at radius 1 is 1.39 bits per heavy atom. The lowest BCUT2D eigenvalue weighted by Gasteiger charge is -2.22. The number of rotatable bonds is 4. The lowest BCUT2D eigenvalue weighted by atomic mass is 10.1. The highest BCUT2D eigenvalue weighted by Crippen LogP contribution is 2.29. The Hall–Kier alpha value is -1.75. The Kier molecular flexibility index (Phi) is 3.72. The number of β-amino-alcohol motifs (C(OH)–C–C–N with tert-alkyl or cyclic N) is 1. The van der Waals surface area contributed by atoms with E-state index in [1.165, 1.54) is 0 Å². The van der Waals surface area contributed by atoms with Gasteiger partial charge in [-0.05, 0) is 17.7 Å². The fourth-order valence-corrected chi connectivity index (χ4v) is 2.26. The summed E-state index contributed by atoms with van der Waals surface area (Å²) in [4.78, 5) is 15.3. The molecule has 1 fully saturated rings. The van der Waals surface area contributed by atoms with Gasteiger partial charge in [-0.3, -0.25) is 0 Å². The zero-order valence-electron chi connectivity index (χ0n) is 10.7. The summed E-state index contributed by atoms with van der Waals surface area (Å²) in [6, 6.07) is 7.65. The van der Waals surface area contributed by atoms with Gasteiger partial charge < -0.3 is 19.6 Å². The van der Waals surface area contributed by atoms with Gasteiger partial charge >= 0.3 is 6.03 Å². The van der Waals surface area contributed by atoms with E-state index < -0.39 is 0 Å². The number of hydrogen-bond donors (Lipinski definition) is 1. The van der Waals surface area contributed by atoms with E-state index in [4.69, 9.17) is 9.84 Å². The van der Waals surface area contributed by atoms with Crippen molar-refractivity contribution in [2.75, 3.05) is 33.9 Å². The number of hydrogen-bond acceptors (Lipinski definition) is 3. The van der Waals surface area contributed by atoms with E-state index in [-0.39, 0.29) is 18.7 Å². The lowest BCUT2D eigenvalue weighted by Crippen LogP contribution is -2.33. The summed E-state index contributed by atoms with van der Waals surface area (Å²) < 4.78 is 5.12. The molecule has 1 heterocycles. The van der Waals surface area contributed by atoms with Crippen LogP contribution in [0.1, 0.15) is 11.6 Å². The van der Waals surface area contributed by atoms with Crippen LogP contribution >= 0.6 is 0 Å². The molecule has 0 aromatic heterocycles. The molecule has 2 rings (SSSR count). The molecule has 0 radical (unpaired) electrons. The monoisotopic (exact) mass is 250 g/mol. The molecule has 1 aliphatic rings. The molecule has 1 aromatic rings. The van der Waals surface area contributed by atoms with Gasteiger partial charge in [-0.25, -0.2) is 4.79 Å². The zero-order chi connectivity index (χ0) is 13.1. The lowest BCUT2D eigenvalue weighted by molar-refractivity contribution is 0.172. The smallest absolute Gasteiger partial charge is 0.320 e. The van der Waals surface area contributed by atoms with Gasteiger partial charge in [-0.15, -0.1) is 0 Å². The fourth-order valence-electron chi connectivity index (χ4n) is 2.26. The predicted molar refractivity (Wildman–Crippen MR) is 67.6 cm³/mol. The average Bonchev–Trinajstić information content (AvgIpc) is 2.68. The molecule has 1 aliphatic heterocycles. The van der Waals surface area contributed by atoms with Crippen molar-refractivity contribution in [3.8, 4) is 5.75 Å². The van der Waals surface area contributed by atoms with Crippen LogP contribution in [0, 0.1) is 0 Å². The van der Waals surface area contributed by atoms with Crippen molar-refractivity contribution in [2.45, 2.75) is 6.04 Å². The van der Waals surface area contributed by atoms with Crippen molar-refractivity contribution >= 4 is 6.03 Å². The average molecular weight is 250 g/mol. The molecule has 5 nitrogen and oxygen atoms in total. The molecule has 98 valence electrons. The molecule has 1 N–H and O–H groups in total. The highest BCUT2D eigenvalue weighted by molar-refractivity contribution is 5.77. The Bertz CT molecular complexity index is 419. The van der Waals surface area contributed by atoms with Crippen LogP contribution in [-0.2, 0) is 0 Å². The number of aliphatic hydroxyl groups excluding tert-OH is 1. The number of carbonyl (C=O) groups is 1. The van der Waals surface area contributed by atoms with E-state index >= 15 is 0 Å². The first kappa shape index (κ1) is 12.7. The molecule has 0 aliphatic carbocycles. The third-order valence-electron chi connectivity index (χ3n) is 3.24. The molecule has 0 saturated carbocycles. The third kappa shape index (κ3) is 2.26. The summed E-state index contributed by atoms with van der Waals surface area (Å²) >= 11 is 0. The Morgan fingerprint density at radius 2 is 2.06 bits per heavy atom. The standard InChI is InChI=1S/C13H18N2O3/c1-14-9-12(15(7-8-16)13(14)17)10-3-5-11(18-2)6-4-10/h3-6,12,16H,7-9H2,1-2H3. The van der Waals surface area contributed by atoms with Crippen LogP contribution in [0.2, 0.25) is 0 Å². The SMILES string of the molecule is COc1ccc(C2CN(C)C(=O)N2CCO)cc1. The van der Waals surface area contributed by atoms with Gasteiger partial charge in [0.2, 0.25) is 0 Å². The van der Waals surface area contributed by atoms with Gasteiger partial charge in [0, 0.05) is 20.1 Å². The van der Waals surface area contributed by atoms with Gasteiger partial charge in [0.15, 0.2) is 0 Å². The number of aliphatic hydroxyl groups is 1. The topological polar surface area (TPSA) is 53.0 Å². The van der Waals surface area contributed by atoms with Crippen molar-refractivity contribution in [1.82, 2.24) is 9.80 Å². The van der Waals surface area contributed by atoms with Crippen molar-refractivity contribution in [3.63, 3.8) is 0 Å². The highest BCUT2D eigenvalue weighted by atomic mass is 16.5. The summed E-state index contributed by atoms with van der Waals surface area (Å²) in [6.07, 6.45) is 0. The molecule has 0 spiro atoms. The number of likely N-dealkylation sites (N-methyl/N-ethyl adjacent to an activating group) is 1. The van der Waals surface area contributed by atoms with E-state index in [2.05, 4.69) is 0 Å². The minimum absolute atomic E-state index is 0.000515. The number of methoxy groups -OCH3 is 1. The van der Waals surface area contributed by atoms with Crippen LogP contribution in [0.5, 0.6) is 5.75 Å². The molecule has 18 heavy (non-hydrogen) atoms. The van der Waals surface area contributed by atoms with Crippen LogP contribution in [0.4, 0.5) is 4.79 Å². The molecule has 1 atom stereocenters. The van der Waals surface area contributed by atoms with E-state index in [0.717, 1.165) is 11.3 Å². The first-order valence-electron chi connectivity index (χ1n) is 5.94. The van der Waals surface area contributed by atoms with E-state index in [1.807, 2.05) is 24.3 Å². The van der Waals surface area contributed by atoms with E-state index in [0.29, 0.717) is 13.1 Å². The number of benzene rings is 1. The molecule has 0 bridgehead atoms. The summed E-state index contributed by atoms with van der Waals surface area (Å²) in [6.45, 7) is 0.983. The number of amides is 2. The largest absolute Gasteiger partial charge is 0.497 e. The van der Waals surface area contributed by atoms with Crippen LogP contribution in [0.15, 0.2) is 24.3 Å². The number of urea groups is 1. The first-order valence-corrected chi connectivity index (χ1v) is 5.94. The van der Waals surface area contributed by atoms with E-state index in [9.17, 15) is 4.79 Å². The van der Waals surface area contributed by atoms with Crippen molar-refractivity contribution in [3.05, 3.63) is 29.8 Å². The van der Waals surface area contributed by atoms with Crippen LogP contribution in [-0.4, -0.2) is 54.8 Å². The molecular formula is C13H18N2O3. The summed E-state index contributed by atoms with van der Waals surface area (Å²) in [7, 11) is 3.40. The third-order valence-corrected chi connectivity index (χ3v) is 3.24. The Labute approximate surface area is 107 Å². The minimum Gasteiger partial charge on any atom is -0.497 e. The predicted octanol–water partition coefficient (Wildman–Crippen LogP) is 1.10. The summed E-state index contributed by atoms with van der Waals surface area (Å²) in [5.41, 5.74) is 1.06. The summed E-state index contributed by atoms with van der Waals surface area (Å²) in [5, 5.41) is 9.05. The molecule has 1 aromatic carbocycles. The number of nitrogens with zero attached hydrogens (tertiary/aromatic N) is 2. The second-order valence-electron chi connectivity index (χ2n) is 4.37. The van der Waals surface area contributed by atoms with Crippen molar-refractivity contribution < 1.29 is 14.6 Å². The maximum atomic E-state index is 11.9. The maximum Gasteiger partial charge on any atom is 0.320 e. The fraction of sp³-hybridized carbons (Fsp3) is 0.462. The van der Waals surface area contributed by atoms with Crippen LogP contribution in [0.25, 0.3) is 0 Å².